The molecule has 0 unspecified atom stereocenters. The summed E-state index contributed by atoms with van der Waals surface area (Å²) in [5.74, 6) is 0.937. The van der Waals surface area contributed by atoms with Crippen molar-refractivity contribution in [2.24, 2.45) is 0 Å². The van der Waals surface area contributed by atoms with Crippen LogP contribution in [0.5, 0.6) is 0 Å². The Labute approximate surface area is 93.2 Å². The van der Waals surface area contributed by atoms with Gasteiger partial charge >= 0.3 is 0 Å². The van der Waals surface area contributed by atoms with E-state index in [-0.39, 0.29) is 0 Å². The number of fused-ring (bicyclic) bond motifs is 2. The summed E-state index contributed by atoms with van der Waals surface area (Å²) in [5, 5.41) is 4.40. The first kappa shape index (κ1) is 9.54. The van der Waals surface area contributed by atoms with E-state index in [9.17, 15) is 0 Å². The second-order valence-electron chi connectivity index (χ2n) is 4.23. The average molecular weight is 225 g/mol. The quantitative estimate of drug-likeness (QED) is 0.852. The van der Waals surface area contributed by atoms with Gasteiger partial charge in [0.1, 0.15) is 5.82 Å². The number of hydrogen-bond acceptors (Lipinski definition) is 5. The van der Waals surface area contributed by atoms with Crippen molar-refractivity contribution in [3.8, 4) is 0 Å². The van der Waals surface area contributed by atoms with Crippen LogP contribution in [0, 0.1) is 0 Å². The predicted molar refractivity (Wildman–Crippen MR) is 59.2 cm³/mol. The van der Waals surface area contributed by atoms with Gasteiger partial charge in [-0.3, -0.25) is 0 Å². The minimum Gasteiger partial charge on any atom is -0.373 e. The second-order valence-corrected chi connectivity index (χ2v) is 4.98. The molecule has 1 aromatic rings. The lowest BCUT2D eigenvalue weighted by atomic mass is 9.96. The van der Waals surface area contributed by atoms with Crippen LogP contribution >= 0.6 is 11.5 Å². The van der Waals surface area contributed by atoms with E-state index in [1.165, 1.54) is 24.4 Å². The van der Waals surface area contributed by atoms with Crippen molar-refractivity contribution >= 4 is 16.7 Å². The molecule has 0 radical (unpaired) electrons. The molecule has 3 atom stereocenters. The fourth-order valence-electron chi connectivity index (χ4n) is 2.40. The van der Waals surface area contributed by atoms with Crippen molar-refractivity contribution < 1.29 is 4.74 Å². The number of ether oxygens (including phenoxy) is 1. The fourth-order valence-corrected chi connectivity index (χ4v) is 3.12. The van der Waals surface area contributed by atoms with Crippen LogP contribution < -0.4 is 5.32 Å². The summed E-state index contributed by atoms with van der Waals surface area (Å²) >= 11 is 1.46. The minimum atomic E-state index is 0.406. The Bertz CT molecular complexity index is 354. The van der Waals surface area contributed by atoms with Gasteiger partial charge in [0.15, 0.2) is 0 Å². The summed E-state index contributed by atoms with van der Waals surface area (Å²) in [6.07, 6.45) is 5.37. The van der Waals surface area contributed by atoms with Crippen LogP contribution in [-0.2, 0) is 11.2 Å². The summed E-state index contributed by atoms with van der Waals surface area (Å²) in [4.78, 5) is 4.42. The van der Waals surface area contributed by atoms with E-state index in [0.717, 1.165) is 23.8 Å². The van der Waals surface area contributed by atoms with E-state index in [1.807, 2.05) is 0 Å². The summed E-state index contributed by atoms with van der Waals surface area (Å²) in [5.41, 5.74) is 0. The van der Waals surface area contributed by atoms with Crippen LogP contribution in [0.25, 0.3) is 0 Å². The first-order valence-electron chi connectivity index (χ1n) is 5.59. The summed E-state index contributed by atoms with van der Waals surface area (Å²) in [6.45, 7) is 2.08. The molecule has 2 aliphatic heterocycles. The Morgan fingerprint density at radius 2 is 2.47 bits per heavy atom. The molecule has 2 fully saturated rings. The summed E-state index contributed by atoms with van der Waals surface area (Å²) in [6, 6.07) is 0.460. The largest absolute Gasteiger partial charge is 0.373 e. The molecule has 3 rings (SSSR count). The van der Waals surface area contributed by atoms with Gasteiger partial charge in [0.05, 0.1) is 18.2 Å². The molecule has 0 amide bonds. The van der Waals surface area contributed by atoms with Crippen molar-refractivity contribution in [2.75, 3.05) is 5.32 Å². The van der Waals surface area contributed by atoms with Gasteiger partial charge in [-0.15, -0.1) is 0 Å². The molecule has 0 spiro atoms. The van der Waals surface area contributed by atoms with Crippen LogP contribution in [0.3, 0.4) is 0 Å². The Morgan fingerprint density at radius 3 is 3.07 bits per heavy atom. The maximum atomic E-state index is 5.78. The van der Waals surface area contributed by atoms with E-state index in [0.29, 0.717) is 18.2 Å². The van der Waals surface area contributed by atoms with Gasteiger partial charge in [-0.05, 0) is 19.3 Å². The summed E-state index contributed by atoms with van der Waals surface area (Å²) < 4.78 is 10.1. The van der Waals surface area contributed by atoms with Crippen molar-refractivity contribution in [3.05, 3.63) is 5.82 Å². The van der Waals surface area contributed by atoms with Crippen LogP contribution in [0.2, 0.25) is 0 Å². The molecule has 15 heavy (non-hydrogen) atoms. The zero-order valence-electron chi connectivity index (χ0n) is 8.77. The molecular formula is C10H15N3OS. The van der Waals surface area contributed by atoms with Gasteiger partial charge in [0, 0.05) is 18.0 Å². The number of aryl methyl sites for hydroxylation is 1. The molecule has 3 heterocycles. The lowest BCUT2D eigenvalue weighted by Gasteiger charge is -2.18. The molecule has 1 aromatic heterocycles. The highest BCUT2D eigenvalue weighted by molar-refractivity contribution is 7.09. The highest BCUT2D eigenvalue weighted by Gasteiger charge is 2.40. The number of nitrogens with one attached hydrogen (secondary N) is 1. The molecule has 0 aliphatic carbocycles. The fraction of sp³-hybridized carbons (Fsp3) is 0.800. The van der Waals surface area contributed by atoms with E-state index >= 15 is 0 Å². The smallest absolute Gasteiger partial charge is 0.202 e. The molecule has 82 valence electrons. The van der Waals surface area contributed by atoms with Gasteiger partial charge in [-0.1, -0.05) is 6.92 Å². The normalized spacial score (nSPS) is 33.5. The highest BCUT2D eigenvalue weighted by Crippen LogP contribution is 2.36. The molecule has 0 aromatic carbocycles. The van der Waals surface area contributed by atoms with E-state index in [2.05, 4.69) is 21.6 Å². The number of rotatable bonds is 3. The Balaban J connectivity index is 1.65. The van der Waals surface area contributed by atoms with Crippen LogP contribution in [0.15, 0.2) is 0 Å². The van der Waals surface area contributed by atoms with Gasteiger partial charge < -0.3 is 10.1 Å². The summed E-state index contributed by atoms with van der Waals surface area (Å²) in [7, 11) is 0. The first-order valence-corrected chi connectivity index (χ1v) is 6.37. The number of aromatic nitrogens is 2. The maximum Gasteiger partial charge on any atom is 0.202 e. The molecule has 2 bridgehead atoms. The lowest BCUT2D eigenvalue weighted by Crippen LogP contribution is -2.30. The van der Waals surface area contributed by atoms with Crippen LogP contribution in [-0.4, -0.2) is 27.6 Å². The molecule has 2 aliphatic rings. The maximum absolute atomic E-state index is 5.78. The third kappa shape index (κ3) is 1.74. The van der Waals surface area contributed by atoms with E-state index in [4.69, 9.17) is 4.74 Å². The number of nitrogens with zero attached hydrogens (tertiary/aromatic N) is 2. The zero-order valence-corrected chi connectivity index (χ0v) is 9.59. The molecule has 2 saturated heterocycles. The topological polar surface area (TPSA) is 47.0 Å². The average Bonchev–Trinajstić information content (AvgIpc) is 2.92. The predicted octanol–water partition coefficient (Wildman–Crippen LogP) is 1.83. The van der Waals surface area contributed by atoms with Crippen molar-refractivity contribution in [1.29, 1.82) is 0 Å². The second kappa shape index (κ2) is 3.72. The monoisotopic (exact) mass is 225 g/mol. The van der Waals surface area contributed by atoms with Gasteiger partial charge in [0.2, 0.25) is 5.13 Å². The SMILES string of the molecule is CCc1nsc(N[C@@H]2C[C@H]3CC[C@H]2O3)n1. The third-order valence-corrected chi connectivity index (χ3v) is 3.88. The van der Waals surface area contributed by atoms with Crippen LogP contribution in [0.4, 0.5) is 5.13 Å². The Morgan fingerprint density at radius 1 is 1.53 bits per heavy atom. The van der Waals surface area contributed by atoms with E-state index in [1.54, 1.807) is 0 Å². The molecule has 1 N–H and O–H groups in total. The van der Waals surface area contributed by atoms with Crippen molar-refractivity contribution in [3.63, 3.8) is 0 Å². The van der Waals surface area contributed by atoms with Crippen molar-refractivity contribution in [1.82, 2.24) is 9.36 Å². The lowest BCUT2D eigenvalue weighted by molar-refractivity contribution is 0.102. The van der Waals surface area contributed by atoms with Crippen molar-refractivity contribution in [2.45, 2.75) is 50.9 Å². The standard InChI is InChI=1S/C10H15N3OS/c1-2-9-12-10(15-13-9)11-7-5-6-3-4-8(7)14-6/h6-8H,2-5H2,1H3,(H,11,12,13)/t6-,7-,8-/m1/s1. The van der Waals surface area contributed by atoms with Gasteiger partial charge in [-0.25, -0.2) is 4.98 Å². The van der Waals surface area contributed by atoms with E-state index < -0.39 is 0 Å². The van der Waals surface area contributed by atoms with Crippen LogP contribution in [0.1, 0.15) is 32.0 Å². The minimum absolute atomic E-state index is 0.406. The van der Waals surface area contributed by atoms with Gasteiger partial charge in [0.25, 0.3) is 0 Å². The molecule has 5 heteroatoms. The third-order valence-electron chi connectivity index (χ3n) is 3.20. The molecular weight excluding hydrogens is 210 g/mol. The highest BCUT2D eigenvalue weighted by atomic mass is 32.1. The molecule has 0 saturated carbocycles. The molecule has 4 nitrogen and oxygen atoms in total. The Hall–Kier alpha value is -0.680. The Kier molecular flexibility index (Phi) is 2.36. The number of anilines is 1. The first-order chi connectivity index (χ1) is 7.35. The number of hydrogen-bond donors (Lipinski definition) is 1. The zero-order chi connectivity index (χ0) is 10.3. The van der Waals surface area contributed by atoms with Gasteiger partial charge in [-0.2, -0.15) is 4.37 Å².